The Labute approximate surface area is 187 Å². The molecule has 156 valence electrons. The lowest BCUT2D eigenvalue weighted by Crippen LogP contribution is -2.13. The van der Waals surface area contributed by atoms with Gasteiger partial charge in [-0.1, -0.05) is 24.3 Å². The molecule has 0 spiro atoms. The molecular weight excluding hydrogens is 463 g/mol. The Morgan fingerprint density at radius 1 is 1.16 bits per heavy atom. The molecule has 0 unspecified atom stereocenters. The van der Waals surface area contributed by atoms with Gasteiger partial charge < -0.3 is 14.8 Å². The predicted octanol–water partition coefficient (Wildman–Crippen LogP) is 5.72. The number of halogens is 2. The third kappa shape index (κ3) is 5.93. The molecule has 5 nitrogen and oxygen atoms in total. The number of benzene rings is 3. The SMILES string of the molecule is COc1ccc(NC(=O)/C(C#N)=C\c2ccc(OCc3ccccc3F)c(Br)c2)cc1. The minimum atomic E-state index is -0.524. The zero-order valence-electron chi connectivity index (χ0n) is 16.6. The lowest BCUT2D eigenvalue weighted by atomic mass is 10.1. The summed E-state index contributed by atoms with van der Waals surface area (Å²) in [5.74, 6) is 0.321. The van der Waals surface area contributed by atoms with Crippen LogP contribution in [-0.2, 0) is 11.4 Å². The van der Waals surface area contributed by atoms with Gasteiger partial charge in [-0.15, -0.1) is 0 Å². The Morgan fingerprint density at radius 2 is 1.90 bits per heavy atom. The second kappa shape index (κ2) is 10.4. The molecule has 0 bridgehead atoms. The van der Waals surface area contributed by atoms with E-state index in [0.29, 0.717) is 32.8 Å². The molecular formula is C24H18BrFN2O3. The highest BCUT2D eigenvalue weighted by Crippen LogP contribution is 2.28. The summed E-state index contributed by atoms with van der Waals surface area (Å²) < 4.78 is 25.1. The van der Waals surface area contributed by atoms with Gasteiger partial charge in [0.25, 0.3) is 5.91 Å². The highest BCUT2D eigenvalue weighted by molar-refractivity contribution is 9.10. The van der Waals surface area contributed by atoms with E-state index in [2.05, 4.69) is 21.2 Å². The van der Waals surface area contributed by atoms with Crippen molar-refractivity contribution in [1.82, 2.24) is 0 Å². The first kappa shape index (κ1) is 22.1. The Balaban J connectivity index is 1.70. The first-order valence-electron chi connectivity index (χ1n) is 9.23. The number of carbonyl (C=O) groups is 1. The molecule has 0 saturated heterocycles. The van der Waals surface area contributed by atoms with Gasteiger partial charge in [0, 0.05) is 11.3 Å². The summed E-state index contributed by atoms with van der Waals surface area (Å²) in [5.41, 5.74) is 1.57. The van der Waals surface area contributed by atoms with Crippen molar-refractivity contribution >= 4 is 33.6 Å². The Kier molecular flexibility index (Phi) is 7.41. The number of carbonyl (C=O) groups excluding carboxylic acids is 1. The quantitative estimate of drug-likeness (QED) is 0.346. The minimum Gasteiger partial charge on any atom is -0.497 e. The van der Waals surface area contributed by atoms with E-state index in [4.69, 9.17) is 9.47 Å². The number of rotatable bonds is 7. The Bertz CT molecular complexity index is 1150. The van der Waals surface area contributed by atoms with Gasteiger partial charge >= 0.3 is 0 Å². The van der Waals surface area contributed by atoms with E-state index in [1.54, 1.807) is 67.8 Å². The summed E-state index contributed by atoms with van der Waals surface area (Å²) in [4.78, 5) is 12.4. The molecule has 3 aromatic rings. The lowest BCUT2D eigenvalue weighted by molar-refractivity contribution is -0.112. The van der Waals surface area contributed by atoms with Crippen LogP contribution in [0, 0.1) is 17.1 Å². The monoisotopic (exact) mass is 480 g/mol. The van der Waals surface area contributed by atoms with Crippen LogP contribution in [0.15, 0.2) is 76.8 Å². The average Bonchev–Trinajstić information content (AvgIpc) is 2.78. The number of nitrogens with one attached hydrogen (secondary N) is 1. The average molecular weight is 481 g/mol. The van der Waals surface area contributed by atoms with Crippen molar-refractivity contribution in [3.63, 3.8) is 0 Å². The van der Waals surface area contributed by atoms with E-state index in [0.717, 1.165) is 0 Å². The zero-order chi connectivity index (χ0) is 22.2. The summed E-state index contributed by atoms with van der Waals surface area (Å²) in [6.45, 7) is 0.0776. The van der Waals surface area contributed by atoms with E-state index in [-0.39, 0.29) is 18.0 Å². The molecule has 1 N–H and O–H groups in total. The first-order valence-corrected chi connectivity index (χ1v) is 10.0. The van der Waals surface area contributed by atoms with Crippen LogP contribution < -0.4 is 14.8 Å². The van der Waals surface area contributed by atoms with Crippen molar-refractivity contribution < 1.29 is 18.7 Å². The van der Waals surface area contributed by atoms with Crippen molar-refractivity contribution in [3.05, 3.63) is 93.7 Å². The summed E-state index contributed by atoms with van der Waals surface area (Å²) in [7, 11) is 1.55. The smallest absolute Gasteiger partial charge is 0.266 e. The molecule has 0 fully saturated rings. The molecule has 7 heteroatoms. The molecule has 0 aliphatic carbocycles. The molecule has 0 aliphatic rings. The zero-order valence-corrected chi connectivity index (χ0v) is 18.1. The maximum absolute atomic E-state index is 13.7. The standard InChI is InChI=1S/C24H18BrFN2O3/c1-30-20-9-7-19(8-10-20)28-24(29)18(14-27)12-16-6-11-23(21(25)13-16)31-15-17-4-2-3-5-22(17)26/h2-13H,15H2,1H3,(H,28,29)/b18-12-. The maximum atomic E-state index is 13.7. The van der Waals surface area contributed by atoms with Crippen LogP contribution in [0.4, 0.5) is 10.1 Å². The Hall–Kier alpha value is -3.63. The maximum Gasteiger partial charge on any atom is 0.266 e. The van der Waals surface area contributed by atoms with Crippen molar-refractivity contribution in [2.75, 3.05) is 12.4 Å². The minimum absolute atomic E-state index is 0.0530. The van der Waals surface area contributed by atoms with Crippen LogP contribution in [-0.4, -0.2) is 13.0 Å². The van der Waals surface area contributed by atoms with Crippen molar-refractivity contribution in [2.24, 2.45) is 0 Å². The topological polar surface area (TPSA) is 71.3 Å². The van der Waals surface area contributed by atoms with E-state index in [1.807, 2.05) is 6.07 Å². The summed E-state index contributed by atoms with van der Waals surface area (Å²) >= 11 is 3.41. The normalized spacial score (nSPS) is 10.8. The van der Waals surface area contributed by atoms with Gasteiger partial charge in [-0.3, -0.25) is 4.79 Å². The van der Waals surface area contributed by atoms with Crippen LogP contribution >= 0.6 is 15.9 Å². The summed E-state index contributed by atoms with van der Waals surface area (Å²) in [6, 6.07) is 20.2. The summed E-state index contributed by atoms with van der Waals surface area (Å²) in [6.07, 6.45) is 1.48. The number of hydrogen-bond acceptors (Lipinski definition) is 4. The number of hydrogen-bond donors (Lipinski definition) is 1. The van der Waals surface area contributed by atoms with Gasteiger partial charge in [-0.25, -0.2) is 4.39 Å². The highest BCUT2D eigenvalue weighted by atomic mass is 79.9. The summed E-state index contributed by atoms with van der Waals surface area (Å²) in [5, 5.41) is 12.1. The van der Waals surface area contributed by atoms with E-state index in [9.17, 15) is 14.4 Å². The Morgan fingerprint density at radius 3 is 2.55 bits per heavy atom. The molecule has 0 atom stereocenters. The predicted molar refractivity (Wildman–Crippen MR) is 120 cm³/mol. The van der Waals surface area contributed by atoms with Crippen LogP contribution in [0.5, 0.6) is 11.5 Å². The van der Waals surface area contributed by atoms with Gasteiger partial charge in [0.15, 0.2) is 0 Å². The lowest BCUT2D eigenvalue weighted by Gasteiger charge is -2.10. The molecule has 0 radical (unpaired) electrons. The molecule has 3 rings (SSSR count). The fourth-order valence-electron chi connectivity index (χ4n) is 2.68. The van der Waals surface area contributed by atoms with Crippen LogP contribution in [0.1, 0.15) is 11.1 Å². The number of amides is 1. The van der Waals surface area contributed by atoms with Gasteiger partial charge in [0.05, 0.1) is 11.6 Å². The second-order valence-electron chi connectivity index (χ2n) is 6.42. The number of nitrogens with zero attached hydrogens (tertiary/aromatic N) is 1. The largest absolute Gasteiger partial charge is 0.497 e. The van der Waals surface area contributed by atoms with Crippen molar-refractivity contribution in [3.8, 4) is 17.6 Å². The fourth-order valence-corrected chi connectivity index (χ4v) is 3.19. The van der Waals surface area contributed by atoms with Crippen molar-refractivity contribution in [1.29, 1.82) is 5.26 Å². The molecule has 3 aromatic carbocycles. The third-order valence-corrected chi connectivity index (χ3v) is 4.94. The van der Waals surface area contributed by atoms with E-state index >= 15 is 0 Å². The van der Waals surface area contributed by atoms with Gasteiger partial charge in [-0.05, 0) is 70.0 Å². The fraction of sp³-hybridized carbons (Fsp3) is 0.0833. The van der Waals surface area contributed by atoms with Crippen LogP contribution in [0.3, 0.4) is 0 Å². The molecule has 0 aromatic heterocycles. The molecule has 0 aliphatic heterocycles. The number of methoxy groups -OCH3 is 1. The van der Waals surface area contributed by atoms with Gasteiger partial charge in [0.2, 0.25) is 0 Å². The highest BCUT2D eigenvalue weighted by Gasteiger charge is 2.11. The van der Waals surface area contributed by atoms with Gasteiger partial charge in [-0.2, -0.15) is 5.26 Å². The number of ether oxygens (including phenoxy) is 2. The molecule has 0 saturated carbocycles. The third-order valence-electron chi connectivity index (χ3n) is 4.32. The number of nitriles is 1. The molecule has 31 heavy (non-hydrogen) atoms. The van der Waals surface area contributed by atoms with Gasteiger partial charge in [0.1, 0.15) is 35.6 Å². The van der Waals surface area contributed by atoms with Crippen molar-refractivity contribution in [2.45, 2.75) is 6.61 Å². The first-order chi connectivity index (χ1) is 15.0. The molecule has 0 heterocycles. The van der Waals surface area contributed by atoms with Crippen LogP contribution in [0.2, 0.25) is 0 Å². The van der Waals surface area contributed by atoms with Crippen LogP contribution in [0.25, 0.3) is 6.08 Å². The van der Waals surface area contributed by atoms with E-state index in [1.165, 1.54) is 12.1 Å². The number of anilines is 1. The molecule has 1 amide bonds. The second-order valence-corrected chi connectivity index (χ2v) is 7.28. The van der Waals surface area contributed by atoms with E-state index < -0.39 is 5.91 Å².